The van der Waals surface area contributed by atoms with Crippen LogP contribution in [0.2, 0.25) is 0 Å². The number of carbonyl (C=O) groups is 3. The van der Waals surface area contributed by atoms with Gasteiger partial charge in [0.1, 0.15) is 0 Å². The molecule has 0 aliphatic carbocycles. The van der Waals surface area contributed by atoms with Crippen molar-refractivity contribution in [3.8, 4) is 0 Å². The Kier molecular flexibility index (Phi) is 3.98. The molecule has 0 unspecified atom stereocenters. The molecule has 0 saturated carbocycles. The van der Waals surface area contributed by atoms with E-state index in [9.17, 15) is 14.4 Å². The van der Waals surface area contributed by atoms with Crippen molar-refractivity contribution in [1.29, 1.82) is 0 Å². The van der Waals surface area contributed by atoms with E-state index in [-0.39, 0.29) is 17.4 Å². The Morgan fingerprint density at radius 3 is 2.06 bits per heavy atom. The Morgan fingerprint density at radius 1 is 1.12 bits per heavy atom. The fraction of sp³-hybridized carbons (Fsp3) is 0.250. The quantitative estimate of drug-likeness (QED) is 0.612. The predicted octanol–water partition coefficient (Wildman–Crippen LogP) is 1.55. The zero-order chi connectivity index (χ0) is 13.0. The van der Waals surface area contributed by atoms with E-state index >= 15 is 0 Å². The van der Waals surface area contributed by atoms with E-state index in [1.54, 1.807) is 13.8 Å². The third kappa shape index (κ3) is 3.41. The van der Waals surface area contributed by atoms with Crippen molar-refractivity contribution in [2.24, 2.45) is 5.92 Å². The van der Waals surface area contributed by atoms with Gasteiger partial charge in [-0.1, -0.05) is 13.8 Å². The molecule has 0 spiro atoms. The van der Waals surface area contributed by atoms with Crippen LogP contribution in [0.25, 0.3) is 0 Å². The summed E-state index contributed by atoms with van der Waals surface area (Å²) in [6.07, 6.45) is 0. The number of carbonyl (C=O) groups excluding carboxylic acids is 2. The summed E-state index contributed by atoms with van der Waals surface area (Å²) in [5, 5.41) is 11.1. The molecule has 0 atom stereocenters. The van der Waals surface area contributed by atoms with E-state index < -0.39 is 11.8 Å². The maximum atomic E-state index is 11.4. The zero-order valence-corrected chi connectivity index (χ0v) is 9.56. The molecular weight excluding hydrogens is 222 g/mol. The molecular formula is C12H13NO4. The zero-order valence-electron chi connectivity index (χ0n) is 9.56. The average Bonchev–Trinajstić information content (AvgIpc) is 2.28. The number of nitrogens with one attached hydrogen (secondary N) is 1. The largest absolute Gasteiger partial charge is 0.475 e. The van der Waals surface area contributed by atoms with Crippen LogP contribution < -0.4 is 5.32 Å². The van der Waals surface area contributed by atoms with E-state index in [4.69, 9.17) is 5.11 Å². The first-order chi connectivity index (χ1) is 7.91. The van der Waals surface area contributed by atoms with Crippen LogP contribution in [0.3, 0.4) is 0 Å². The number of benzene rings is 1. The van der Waals surface area contributed by atoms with Crippen molar-refractivity contribution < 1.29 is 19.5 Å². The maximum absolute atomic E-state index is 11.4. The molecule has 0 aliphatic heterocycles. The van der Waals surface area contributed by atoms with Crippen LogP contribution in [0.4, 0.5) is 5.69 Å². The molecule has 5 nitrogen and oxygen atoms in total. The molecule has 0 radical (unpaired) electrons. The van der Waals surface area contributed by atoms with Gasteiger partial charge < -0.3 is 10.4 Å². The summed E-state index contributed by atoms with van der Waals surface area (Å²) in [5.41, 5.74) is 0.616. The van der Waals surface area contributed by atoms with E-state index in [0.717, 1.165) is 0 Å². The van der Waals surface area contributed by atoms with Crippen LogP contribution >= 0.6 is 0 Å². The highest BCUT2D eigenvalue weighted by atomic mass is 16.4. The minimum atomic E-state index is -1.50. The lowest BCUT2D eigenvalue weighted by Crippen LogP contribution is -2.18. The minimum absolute atomic E-state index is 0.0834. The van der Waals surface area contributed by atoms with Crippen LogP contribution in [0.1, 0.15) is 24.2 Å². The molecule has 2 N–H and O–H groups in total. The Labute approximate surface area is 98.4 Å². The van der Waals surface area contributed by atoms with Gasteiger partial charge in [0, 0.05) is 17.2 Å². The number of amides is 1. The summed E-state index contributed by atoms with van der Waals surface area (Å²) in [5.74, 6) is -2.74. The van der Waals surface area contributed by atoms with Gasteiger partial charge in [-0.2, -0.15) is 0 Å². The number of ketones is 1. The summed E-state index contributed by atoms with van der Waals surface area (Å²) < 4.78 is 0. The number of rotatable bonds is 4. The van der Waals surface area contributed by atoms with Crippen molar-refractivity contribution in [1.82, 2.24) is 0 Å². The molecule has 0 saturated heterocycles. The van der Waals surface area contributed by atoms with Gasteiger partial charge in [0.25, 0.3) is 5.78 Å². The lowest BCUT2D eigenvalue weighted by Gasteiger charge is -2.07. The van der Waals surface area contributed by atoms with Crippen molar-refractivity contribution in [2.75, 3.05) is 5.32 Å². The topological polar surface area (TPSA) is 83.5 Å². The Hall–Kier alpha value is -2.17. The molecule has 0 aliphatic rings. The van der Waals surface area contributed by atoms with Crippen LogP contribution in [0, 0.1) is 5.92 Å². The van der Waals surface area contributed by atoms with E-state index in [1.807, 2.05) is 0 Å². The van der Waals surface area contributed by atoms with Crippen molar-refractivity contribution in [3.63, 3.8) is 0 Å². The monoisotopic (exact) mass is 235 g/mol. The molecule has 17 heavy (non-hydrogen) atoms. The van der Waals surface area contributed by atoms with Crippen molar-refractivity contribution in [3.05, 3.63) is 29.8 Å². The van der Waals surface area contributed by atoms with Crippen LogP contribution in [-0.2, 0) is 9.59 Å². The molecule has 1 aromatic rings. The number of Topliss-reactive ketones (excluding diaryl/α,β-unsaturated/α-hetero) is 1. The fourth-order valence-electron chi connectivity index (χ4n) is 1.12. The molecule has 1 amide bonds. The second kappa shape index (κ2) is 5.25. The second-order valence-electron chi connectivity index (χ2n) is 3.86. The van der Waals surface area contributed by atoms with Crippen molar-refractivity contribution >= 4 is 23.3 Å². The van der Waals surface area contributed by atoms with E-state index in [0.29, 0.717) is 5.69 Å². The highest BCUT2D eigenvalue weighted by Gasteiger charge is 2.14. The standard InChI is InChI=1S/C12H13NO4/c1-7(2)11(15)13-9-5-3-8(4-6-9)10(14)12(16)17/h3-7H,1-2H3,(H,13,15)(H,16,17). The van der Waals surface area contributed by atoms with Gasteiger partial charge in [-0.25, -0.2) is 4.79 Å². The second-order valence-corrected chi connectivity index (χ2v) is 3.86. The first-order valence-electron chi connectivity index (χ1n) is 5.10. The lowest BCUT2D eigenvalue weighted by atomic mass is 10.1. The number of anilines is 1. The summed E-state index contributed by atoms with van der Waals surface area (Å²) >= 11 is 0. The summed E-state index contributed by atoms with van der Waals surface area (Å²) in [7, 11) is 0. The summed E-state index contributed by atoms with van der Waals surface area (Å²) in [4.78, 5) is 32.9. The molecule has 90 valence electrons. The van der Waals surface area contributed by atoms with Gasteiger partial charge in [-0.05, 0) is 24.3 Å². The molecule has 0 bridgehead atoms. The van der Waals surface area contributed by atoms with Gasteiger partial charge >= 0.3 is 5.97 Å². The van der Waals surface area contributed by atoms with Gasteiger partial charge in [0.05, 0.1) is 0 Å². The van der Waals surface area contributed by atoms with Gasteiger partial charge in [0.15, 0.2) is 0 Å². The lowest BCUT2D eigenvalue weighted by molar-refractivity contribution is -0.131. The van der Waals surface area contributed by atoms with E-state index in [2.05, 4.69) is 5.32 Å². The van der Waals surface area contributed by atoms with Crippen LogP contribution in [0.5, 0.6) is 0 Å². The summed E-state index contributed by atoms with van der Waals surface area (Å²) in [6, 6.07) is 5.73. The highest BCUT2D eigenvalue weighted by molar-refractivity contribution is 6.39. The smallest absolute Gasteiger partial charge is 0.377 e. The van der Waals surface area contributed by atoms with Crippen molar-refractivity contribution in [2.45, 2.75) is 13.8 Å². The Morgan fingerprint density at radius 2 is 1.65 bits per heavy atom. The maximum Gasteiger partial charge on any atom is 0.377 e. The van der Waals surface area contributed by atoms with Gasteiger partial charge in [0.2, 0.25) is 5.91 Å². The van der Waals surface area contributed by atoms with Gasteiger partial charge in [-0.15, -0.1) is 0 Å². The van der Waals surface area contributed by atoms with E-state index in [1.165, 1.54) is 24.3 Å². The molecule has 5 heteroatoms. The highest BCUT2D eigenvalue weighted by Crippen LogP contribution is 2.11. The fourth-order valence-corrected chi connectivity index (χ4v) is 1.12. The summed E-state index contributed by atoms with van der Waals surface area (Å²) in [6.45, 7) is 3.52. The van der Waals surface area contributed by atoms with Crippen LogP contribution in [-0.4, -0.2) is 22.8 Å². The third-order valence-electron chi connectivity index (χ3n) is 2.13. The first-order valence-corrected chi connectivity index (χ1v) is 5.10. The average molecular weight is 235 g/mol. The molecule has 0 fully saturated rings. The number of hydrogen-bond acceptors (Lipinski definition) is 3. The Balaban J connectivity index is 2.78. The SMILES string of the molecule is CC(C)C(=O)Nc1ccc(C(=O)C(=O)O)cc1. The third-order valence-corrected chi connectivity index (χ3v) is 2.13. The number of carboxylic acid groups (broad SMARTS) is 1. The number of carboxylic acids is 1. The first kappa shape index (κ1) is 12.9. The van der Waals surface area contributed by atoms with Crippen LogP contribution in [0.15, 0.2) is 24.3 Å². The van der Waals surface area contributed by atoms with Gasteiger partial charge in [-0.3, -0.25) is 9.59 Å². The normalized spacial score (nSPS) is 10.1. The minimum Gasteiger partial charge on any atom is -0.475 e. The molecule has 0 heterocycles. The molecule has 0 aromatic heterocycles. The number of hydrogen-bond donors (Lipinski definition) is 2. The number of aliphatic carboxylic acids is 1. The molecule has 1 aromatic carbocycles. The predicted molar refractivity (Wildman–Crippen MR) is 61.9 cm³/mol. The Bertz CT molecular complexity index is 448. The molecule has 1 rings (SSSR count).